The molecule has 0 saturated carbocycles. The van der Waals surface area contributed by atoms with Gasteiger partial charge in [0.1, 0.15) is 0 Å². The van der Waals surface area contributed by atoms with E-state index in [0.29, 0.717) is 0 Å². The van der Waals surface area contributed by atoms with E-state index in [-0.39, 0.29) is 0 Å². The summed E-state index contributed by atoms with van der Waals surface area (Å²) in [4.78, 5) is 0. The van der Waals surface area contributed by atoms with Gasteiger partial charge in [0.2, 0.25) is 0 Å². The standard InChI is InChI=1S/C12H26Si2/c1-3-5-7-9-11-13-14-12-10-8-6-4-2/h3-12H2,1-2H3. The van der Waals surface area contributed by atoms with Crippen LogP contribution in [-0.2, 0) is 0 Å². The Morgan fingerprint density at radius 3 is 1.36 bits per heavy atom. The van der Waals surface area contributed by atoms with Crippen molar-refractivity contribution >= 4 is 18.1 Å². The maximum absolute atomic E-state index is 2.29. The van der Waals surface area contributed by atoms with Crippen molar-refractivity contribution < 1.29 is 0 Å². The van der Waals surface area contributed by atoms with Crippen LogP contribution in [0.5, 0.6) is 0 Å². The van der Waals surface area contributed by atoms with E-state index in [4.69, 9.17) is 0 Å². The molecule has 0 atom stereocenters. The molecule has 0 aromatic rings. The Bertz CT molecular complexity index is 82.3. The van der Waals surface area contributed by atoms with Crippen LogP contribution in [0.2, 0.25) is 12.1 Å². The molecule has 0 nitrogen and oxygen atoms in total. The van der Waals surface area contributed by atoms with Crippen LogP contribution in [0.3, 0.4) is 0 Å². The molecule has 0 unspecified atom stereocenters. The number of hydrogen-bond acceptors (Lipinski definition) is 0. The minimum atomic E-state index is 1.28. The molecule has 14 heavy (non-hydrogen) atoms. The van der Waals surface area contributed by atoms with Gasteiger partial charge in [0.05, 0.1) is 0 Å². The lowest BCUT2D eigenvalue weighted by Gasteiger charge is -1.99. The Morgan fingerprint density at radius 2 is 1.00 bits per heavy atom. The zero-order valence-electron chi connectivity index (χ0n) is 10.1. The third kappa shape index (κ3) is 12.4. The first kappa shape index (κ1) is 14.4. The van der Waals surface area contributed by atoms with E-state index in [1.165, 1.54) is 81.5 Å². The van der Waals surface area contributed by atoms with Crippen LogP contribution in [0.25, 0.3) is 0 Å². The zero-order chi connectivity index (χ0) is 10.5. The summed E-state index contributed by atoms with van der Waals surface area (Å²) in [5.41, 5.74) is 0. The lowest BCUT2D eigenvalue weighted by molar-refractivity contribution is 0.699. The monoisotopic (exact) mass is 226 g/mol. The Morgan fingerprint density at radius 1 is 0.571 bits per heavy atom. The van der Waals surface area contributed by atoms with E-state index in [1.54, 1.807) is 0 Å². The van der Waals surface area contributed by atoms with Crippen molar-refractivity contribution in [1.82, 2.24) is 0 Å². The van der Waals surface area contributed by atoms with Crippen LogP contribution in [0.1, 0.15) is 65.2 Å². The molecule has 0 aliphatic heterocycles. The molecule has 0 N–H and O–H groups in total. The third-order valence-corrected chi connectivity index (χ3v) is 6.14. The molecule has 0 amide bonds. The maximum Gasteiger partial charge on any atom is 0.0222 e. The molecule has 0 saturated heterocycles. The summed E-state index contributed by atoms with van der Waals surface area (Å²) in [5.74, 6) is 0. The summed E-state index contributed by atoms with van der Waals surface area (Å²) in [6, 6.07) is 3.04. The van der Waals surface area contributed by atoms with E-state index < -0.39 is 0 Å². The van der Waals surface area contributed by atoms with Gasteiger partial charge in [-0.05, 0) is 0 Å². The van der Waals surface area contributed by atoms with Gasteiger partial charge in [-0.1, -0.05) is 77.3 Å². The van der Waals surface area contributed by atoms with Crippen molar-refractivity contribution in [1.29, 1.82) is 0 Å². The van der Waals surface area contributed by atoms with Crippen LogP contribution in [-0.4, -0.2) is 18.1 Å². The molecule has 0 bridgehead atoms. The molecule has 0 aromatic carbocycles. The van der Waals surface area contributed by atoms with Crippen LogP contribution in [0, 0.1) is 0 Å². The minimum Gasteiger partial charge on any atom is -0.0654 e. The van der Waals surface area contributed by atoms with E-state index in [1.807, 2.05) is 0 Å². The van der Waals surface area contributed by atoms with Crippen LogP contribution >= 0.6 is 0 Å². The van der Waals surface area contributed by atoms with Crippen molar-refractivity contribution in [2.45, 2.75) is 77.3 Å². The Labute approximate surface area is 95.7 Å². The van der Waals surface area contributed by atoms with Gasteiger partial charge in [0, 0.05) is 18.1 Å². The van der Waals surface area contributed by atoms with Crippen molar-refractivity contribution in [2.24, 2.45) is 0 Å². The second kappa shape index (κ2) is 13.4. The summed E-state index contributed by atoms with van der Waals surface area (Å²) in [6.07, 6.45) is 11.6. The van der Waals surface area contributed by atoms with Gasteiger partial charge in [-0.25, -0.2) is 0 Å². The maximum atomic E-state index is 2.29. The van der Waals surface area contributed by atoms with Gasteiger partial charge in [0.15, 0.2) is 0 Å². The second-order valence-electron chi connectivity index (χ2n) is 3.97. The highest BCUT2D eigenvalue weighted by Gasteiger charge is 1.93. The highest BCUT2D eigenvalue weighted by atomic mass is 29.1. The molecular formula is C12H26Si2. The van der Waals surface area contributed by atoms with E-state index in [9.17, 15) is 0 Å². The molecule has 0 aliphatic carbocycles. The zero-order valence-corrected chi connectivity index (χ0v) is 12.1. The summed E-state index contributed by atoms with van der Waals surface area (Å²) in [5, 5.41) is 0. The lowest BCUT2D eigenvalue weighted by Crippen LogP contribution is -2.02. The predicted molar refractivity (Wildman–Crippen MR) is 69.4 cm³/mol. The van der Waals surface area contributed by atoms with Crippen molar-refractivity contribution in [3.05, 3.63) is 0 Å². The summed E-state index contributed by atoms with van der Waals surface area (Å²) in [6.45, 7) is 4.58. The van der Waals surface area contributed by atoms with Gasteiger partial charge in [-0.3, -0.25) is 0 Å². The molecule has 0 fully saturated rings. The fourth-order valence-electron chi connectivity index (χ4n) is 1.46. The predicted octanol–water partition coefficient (Wildman–Crippen LogP) is 4.31. The third-order valence-electron chi connectivity index (χ3n) is 2.44. The molecule has 82 valence electrons. The average molecular weight is 227 g/mol. The Kier molecular flexibility index (Phi) is 13.8. The van der Waals surface area contributed by atoms with Gasteiger partial charge < -0.3 is 0 Å². The van der Waals surface area contributed by atoms with Crippen LogP contribution in [0.15, 0.2) is 0 Å². The molecule has 4 radical (unpaired) electrons. The summed E-state index contributed by atoms with van der Waals surface area (Å²) >= 11 is 0. The highest BCUT2D eigenvalue weighted by molar-refractivity contribution is 7.00. The first-order valence-corrected chi connectivity index (χ1v) is 9.79. The van der Waals surface area contributed by atoms with Crippen molar-refractivity contribution in [3.63, 3.8) is 0 Å². The van der Waals surface area contributed by atoms with Gasteiger partial charge in [0.25, 0.3) is 0 Å². The average Bonchev–Trinajstić information content (AvgIpc) is 2.21. The molecule has 0 spiro atoms. The molecule has 0 rings (SSSR count). The first-order valence-electron chi connectivity index (χ1n) is 6.37. The lowest BCUT2D eigenvalue weighted by atomic mass is 10.2. The first-order chi connectivity index (χ1) is 6.91. The summed E-state index contributed by atoms with van der Waals surface area (Å²) in [7, 11) is 2.57. The molecular weight excluding hydrogens is 200 g/mol. The highest BCUT2D eigenvalue weighted by Crippen LogP contribution is 2.04. The van der Waals surface area contributed by atoms with E-state index in [2.05, 4.69) is 13.8 Å². The molecule has 2 heteroatoms. The minimum absolute atomic E-state index is 1.28. The van der Waals surface area contributed by atoms with Crippen LogP contribution < -0.4 is 0 Å². The number of hydrogen-bond donors (Lipinski definition) is 0. The molecule has 0 aromatic heterocycles. The van der Waals surface area contributed by atoms with E-state index in [0.717, 1.165) is 0 Å². The quantitative estimate of drug-likeness (QED) is 0.364. The SMILES string of the molecule is CCCCCC[Si][Si]CCCCCC. The number of rotatable bonds is 11. The van der Waals surface area contributed by atoms with Gasteiger partial charge in [-0.15, -0.1) is 0 Å². The summed E-state index contributed by atoms with van der Waals surface area (Å²) < 4.78 is 0. The smallest absolute Gasteiger partial charge is 0.0222 e. The Hall–Kier alpha value is 0.434. The van der Waals surface area contributed by atoms with Gasteiger partial charge in [-0.2, -0.15) is 0 Å². The molecule has 0 aliphatic rings. The van der Waals surface area contributed by atoms with E-state index >= 15 is 0 Å². The van der Waals surface area contributed by atoms with Crippen molar-refractivity contribution in [3.8, 4) is 0 Å². The largest absolute Gasteiger partial charge is 0.0654 e. The van der Waals surface area contributed by atoms with Crippen LogP contribution in [0.4, 0.5) is 0 Å². The molecule has 0 heterocycles. The Balaban J connectivity index is 2.78. The normalized spacial score (nSPS) is 10.7. The second-order valence-corrected chi connectivity index (χ2v) is 7.80. The van der Waals surface area contributed by atoms with Gasteiger partial charge >= 0.3 is 0 Å². The fourth-order valence-corrected chi connectivity index (χ4v) is 4.79. The topological polar surface area (TPSA) is 0 Å². The number of unbranched alkanes of at least 4 members (excludes halogenated alkanes) is 6. The fraction of sp³-hybridized carbons (Fsp3) is 1.00. The van der Waals surface area contributed by atoms with Crippen molar-refractivity contribution in [2.75, 3.05) is 0 Å².